The number of hydrogen-bond acceptors (Lipinski definition) is 3. The summed E-state index contributed by atoms with van der Waals surface area (Å²) in [4.78, 5) is 7.15. The van der Waals surface area contributed by atoms with Crippen LogP contribution in [0, 0.1) is 0 Å². The van der Waals surface area contributed by atoms with Gasteiger partial charge in [0.25, 0.3) is 0 Å². The lowest BCUT2D eigenvalue weighted by molar-refractivity contribution is 0.765. The largest absolute Gasteiger partial charge is 0.352 e. The van der Waals surface area contributed by atoms with Crippen LogP contribution in [0.4, 0.5) is 5.82 Å². The summed E-state index contributed by atoms with van der Waals surface area (Å²) < 4.78 is 0. The van der Waals surface area contributed by atoms with Crippen molar-refractivity contribution in [2.75, 3.05) is 25.0 Å². The van der Waals surface area contributed by atoms with Crippen molar-refractivity contribution in [3.8, 4) is 0 Å². The van der Waals surface area contributed by atoms with Crippen LogP contribution < -0.4 is 10.2 Å². The molecule has 3 heteroatoms. The minimum atomic E-state index is 0.908. The lowest BCUT2D eigenvalue weighted by Crippen LogP contribution is -2.30. The maximum Gasteiger partial charge on any atom is 0.129 e. The van der Waals surface area contributed by atoms with Crippen LogP contribution in [-0.2, 0) is 13.0 Å². The number of aryl methyl sites for hydroxylation is 1. The van der Waals surface area contributed by atoms with Gasteiger partial charge in [0.05, 0.1) is 0 Å². The second-order valence-corrected chi connectivity index (χ2v) is 4.97. The first-order valence-electron chi connectivity index (χ1n) is 6.78. The molecule has 0 saturated carbocycles. The van der Waals surface area contributed by atoms with Crippen molar-refractivity contribution in [3.63, 3.8) is 0 Å². The molecule has 0 amide bonds. The van der Waals surface area contributed by atoms with E-state index in [0.717, 1.165) is 38.3 Å². The molecule has 0 fully saturated rings. The van der Waals surface area contributed by atoms with Crippen molar-refractivity contribution < 1.29 is 0 Å². The standard InChI is InChI=1S/C15H23N3/c1-4-14-8-13(10-16-3)9-15(17-14)18-7-5-6-12(2)11-18/h6,8-9,16H,4-5,7,10-11H2,1-3H3. The third-order valence-corrected chi connectivity index (χ3v) is 3.32. The molecule has 0 aliphatic carbocycles. The molecule has 0 atom stereocenters. The highest BCUT2D eigenvalue weighted by molar-refractivity contribution is 5.45. The van der Waals surface area contributed by atoms with Gasteiger partial charge in [-0.1, -0.05) is 18.6 Å². The highest BCUT2D eigenvalue weighted by atomic mass is 15.2. The third-order valence-electron chi connectivity index (χ3n) is 3.32. The fourth-order valence-electron chi connectivity index (χ4n) is 2.39. The van der Waals surface area contributed by atoms with Crippen LogP contribution in [0.25, 0.3) is 0 Å². The number of pyridine rings is 1. The Kier molecular flexibility index (Phi) is 4.37. The Bertz CT molecular complexity index is 437. The summed E-state index contributed by atoms with van der Waals surface area (Å²) in [7, 11) is 1.99. The Morgan fingerprint density at radius 1 is 1.39 bits per heavy atom. The van der Waals surface area contributed by atoms with E-state index in [9.17, 15) is 0 Å². The SMILES string of the molecule is CCc1cc(CNC)cc(N2CCC=C(C)C2)n1. The summed E-state index contributed by atoms with van der Waals surface area (Å²) >= 11 is 0. The number of nitrogens with zero attached hydrogens (tertiary/aromatic N) is 2. The molecule has 3 nitrogen and oxygen atoms in total. The molecule has 1 aliphatic rings. The average Bonchev–Trinajstić information content (AvgIpc) is 2.39. The Labute approximate surface area is 110 Å². The number of rotatable bonds is 4. The van der Waals surface area contributed by atoms with Crippen LogP contribution in [0.2, 0.25) is 0 Å². The molecule has 1 N–H and O–H groups in total. The van der Waals surface area contributed by atoms with Crippen LogP contribution in [0.1, 0.15) is 31.5 Å². The van der Waals surface area contributed by atoms with E-state index in [2.05, 4.69) is 42.3 Å². The molecule has 2 rings (SSSR count). The van der Waals surface area contributed by atoms with Crippen molar-refractivity contribution in [2.24, 2.45) is 0 Å². The molecule has 0 unspecified atom stereocenters. The van der Waals surface area contributed by atoms with Gasteiger partial charge in [-0.25, -0.2) is 4.98 Å². The average molecular weight is 245 g/mol. The monoisotopic (exact) mass is 245 g/mol. The molecular formula is C15H23N3. The van der Waals surface area contributed by atoms with Crippen molar-refractivity contribution >= 4 is 5.82 Å². The van der Waals surface area contributed by atoms with Crippen molar-refractivity contribution in [1.29, 1.82) is 0 Å². The van der Waals surface area contributed by atoms with Crippen molar-refractivity contribution in [2.45, 2.75) is 33.2 Å². The molecule has 18 heavy (non-hydrogen) atoms. The van der Waals surface area contributed by atoms with Gasteiger partial charge in [-0.15, -0.1) is 0 Å². The van der Waals surface area contributed by atoms with Gasteiger partial charge < -0.3 is 10.2 Å². The van der Waals surface area contributed by atoms with Gasteiger partial charge in [0.15, 0.2) is 0 Å². The summed E-state index contributed by atoms with van der Waals surface area (Å²) in [6.45, 7) is 7.36. The molecule has 0 bridgehead atoms. The minimum absolute atomic E-state index is 0.908. The smallest absolute Gasteiger partial charge is 0.129 e. The minimum Gasteiger partial charge on any atom is -0.352 e. The van der Waals surface area contributed by atoms with E-state index in [1.807, 2.05) is 7.05 Å². The molecule has 1 aromatic rings. The highest BCUT2D eigenvalue weighted by Gasteiger charge is 2.13. The molecule has 0 spiro atoms. The predicted molar refractivity (Wildman–Crippen MR) is 77.0 cm³/mol. The van der Waals surface area contributed by atoms with E-state index >= 15 is 0 Å². The fraction of sp³-hybridized carbons (Fsp3) is 0.533. The molecule has 1 aromatic heterocycles. The second-order valence-electron chi connectivity index (χ2n) is 4.97. The quantitative estimate of drug-likeness (QED) is 0.826. The first-order valence-corrected chi connectivity index (χ1v) is 6.78. The Morgan fingerprint density at radius 2 is 2.22 bits per heavy atom. The van der Waals surface area contributed by atoms with Crippen LogP contribution in [-0.4, -0.2) is 25.1 Å². The zero-order chi connectivity index (χ0) is 13.0. The summed E-state index contributed by atoms with van der Waals surface area (Å²) in [5.41, 5.74) is 3.96. The molecule has 0 radical (unpaired) electrons. The zero-order valence-corrected chi connectivity index (χ0v) is 11.7. The first kappa shape index (κ1) is 13.1. The van der Waals surface area contributed by atoms with E-state index in [1.165, 1.54) is 16.8 Å². The summed E-state index contributed by atoms with van der Waals surface area (Å²) in [5.74, 6) is 1.13. The number of hydrogen-bond donors (Lipinski definition) is 1. The Morgan fingerprint density at radius 3 is 2.89 bits per heavy atom. The van der Waals surface area contributed by atoms with E-state index in [1.54, 1.807) is 0 Å². The van der Waals surface area contributed by atoms with E-state index in [0.29, 0.717) is 0 Å². The molecule has 98 valence electrons. The van der Waals surface area contributed by atoms with E-state index in [4.69, 9.17) is 4.98 Å². The van der Waals surface area contributed by atoms with Crippen molar-refractivity contribution in [3.05, 3.63) is 35.0 Å². The molecular weight excluding hydrogens is 222 g/mol. The zero-order valence-electron chi connectivity index (χ0n) is 11.7. The summed E-state index contributed by atoms with van der Waals surface area (Å²) in [6.07, 6.45) is 4.45. The summed E-state index contributed by atoms with van der Waals surface area (Å²) in [5, 5.41) is 3.22. The second kappa shape index (κ2) is 6.01. The predicted octanol–water partition coefficient (Wildman–Crippen LogP) is 2.52. The topological polar surface area (TPSA) is 28.2 Å². The van der Waals surface area contributed by atoms with Gasteiger partial charge in [-0.05, 0) is 44.5 Å². The van der Waals surface area contributed by atoms with Crippen LogP contribution in [0.15, 0.2) is 23.8 Å². The lowest BCUT2D eigenvalue weighted by Gasteiger charge is -2.28. The lowest BCUT2D eigenvalue weighted by atomic mass is 10.1. The van der Waals surface area contributed by atoms with E-state index in [-0.39, 0.29) is 0 Å². The Balaban J connectivity index is 2.25. The van der Waals surface area contributed by atoms with Gasteiger partial charge in [0.1, 0.15) is 5.82 Å². The molecule has 1 aliphatic heterocycles. The van der Waals surface area contributed by atoms with Gasteiger partial charge in [0.2, 0.25) is 0 Å². The maximum absolute atomic E-state index is 4.76. The summed E-state index contributed by atoms with van der Waals surface area (Å²) in [6, 6.07) is 4.42. The molecule has 0 saturated heterocycles. The number of anilines is 1. The third kappa shape index (κ3) is 3.10. The number of aromatic nitrogens is 1. The maximum atomic E-state index is 4.76. The van der Waals surface area contributed by atoms with Gasteiger partial charge in [0, 0.05) is 25.3 Å². The highest BCUT2D eigenvalue weighted by Crippen LogP contribution is 2.20. The van der Waals surface area contributed by atoms with Gasteiger partial charge in [-0.3, -0.25) is 0 Å². The van der Waals surface area contributed by atoms with Crippen molar-refractivity contribution in [1.82, 2.24) is 10.3 Å². The first-order chi connectivity index (χ1) is 8.72. The van der Waals surface area contributed by atoms with Gasteiger partial charge in [-0.2, -0.15) is 0 Å². The number of nitrogens with one attached hydrogen (secondary N) is 1. The normalized spacial score (nSPS) is 15.7. The molecule has 2 heterocycles. The van der Waals surface area contributed by atoms with Crippen LogP contribution >= 0.6 is 0 Å². The van der Waals surface area contributed by atoms with Crippen LogP contribution in [0.5, 0.6) is 0 Å². The molecule has 0 aromatic carbocycles. The fourth-order valence-corrected chi connectivity index (χ4v) is 2.39. The Hall–Kier alpha value is -1.35. The van der Waals surface area contributed by atoms with E-state index < -0.39 is 0 Å². The van der Waals surface area contributed by atoms with Gasteiger partial charge >= 0.3 is 0 Å². The van der Waals surface area contributed by atoms with Crippen LogP contribution in [0.3, 0.4) is 0 Å².